The number of hydrogen-bond donors (Lipinski definition) is 3. The number of carbonyl (C=O) groups excluding carboxylic acids is 1. The molecule has 128 valence electrons. The summed E-state index contributed by atoms with van der Waals surface area (Å²) >= 11 is 0. The lowest BCUT2D eigenvalue weighted by molar-refractivity contribution is -0.121. The molecule has 0 saturated carbocycles. The molecular formula is C18H23N3O3. The highest BCUT2D eigenvalue weighted by Crippen LogP contribution is 2.17. The van der Waals surface area contributed by atoms with E-state index in [1.54, 1.807) is 6.92 Å². The van der Waals surface area contributed by atoms with Crippen LogP contribution < -0.4 is 16.6 Å². The lowest BCUT2D eigenvalue weighted by Crippen LogP contribution is -2.30. The van der Waals surface area contributed by atoms with Gasteiger partial charge in [0.1, 0.15) is 0 Å². The summed E-state index contributed by atoms with van der Waals surface area (Å²) in [6.07, 6.45) is 1.44. The van der Waals surface area contributed by atoms with Crippen LogP contribution in [-0.2, 0) is 11.2 Å². The second-order valence-electron chi connectivity index (χ2n) is 5.83. The number of amides is 1. The topological polar surface area (TPSA) is 94.8 Å². The number of aryl methyl sites for hydroxylation is 1. The molecule has 0 radical (unpaired) electrons. The summed E-state index contributed by atoms with van der Waals surface area (Å²) in [7, 11) is 0. The van der Waals surface area contributed by atoms with Gasteiger partial charge < -0.3 is 10.3 Å². The summed E-state index contributed by atoms with van der Waals surface area (Å²) in [4.78, 5) is 39.7. The van der Waals surface area contributed by atoms with Gasteiger partial charge in [0, 0.05) is 30.1 Å². The summed E-state index contributed by atoms with van der Waals surface area (Å²) in [5, 5.41) is 2.93. The van der Waals surface area contributed by atoms with E-state index in [1.165, 1.54) is 5.56 Å². The van der Waals surface area contributed by atoms with Crippen molar-refractivity contribution in [1.29, 1.82) is 0 Å². The average molecular weight is 329 g/mol. The highest BCUT2D eigenvalue weighted by Gasteiger charge is 2.12. The summed E-state index contributed by atoms with van der Waals surface area (Å²) < 4.78 is 0. The molecule has 0 saturated heterocycles. The quantitative estimate of drug-likeness (QED) is 0.720. The summed E-state index contributed by atoms with van der Waals surface area (Å²) in [6.45, 7) is 4.32. The van der Waals surface area contributed by atoms with Gasteiger partial charge in [-0.3, -0.25) is 14.6 Å². The van der Waals surface area contributed by atoms with E-state index in [0.717, 1.165) is 6.42 Å². The third-order valence-corrected chi connectivity index (χ3v) is 4.17. The van der Waals surface area contributed by atoms with Crippen LogP contribution >= 0.6 is 0 Å². The van der Waals surface area contributed by atoms with Crippen molar-refractivity contribution in [3.63, 3.8) is 0 Å². The number of aromatic nitrogens is 2. The molecule has 3 N–H and O–H groups in total. The van der Waals surface area contributed by atoms with Crippen molar-refractivity contribution in [1.82, 2.24) is 15.3 Å². The smallest absolute Gasteiger partial charge is 0.325 e. The normalized spacial score (nSPS) is 11.9. The Balaban J connectivity index is 1.90. The fourth-order valence-electron chi connectivity index (χ4n) is 2.71. The van der Waals surface area contributed by atoms with Gasteiger partial charge in [-0.25, -0.2) is 4.79 Å². The second kappa shape index (κ2) is 8.29. The van der Waals surface area contributed by atoms with E-state index in [4.69, 9.17) is 0 Å². The molecule has 0 unspecified atom stereocenters. The van der Waals surface area contributed by atoms with E-state index in [0.29, 0.717) is 24.2 Å². The number of nitrogens with one attached hydrogen (secondary N) is 3. The molecule has 2 aromatic rings. The van der Waals surface area contributed by atoms with E-state index >= 15 is 0 Å². The van der Waals surface area contributed by atoms with Crippen LogP contribution in [-0.4, -0.2) is 22.4 Å². The number of hydrogen-bond acceptors (Lipinski definition) is 3. The Morgan fingerprint density at radius 1 is 1.17 bits per heavy atom. The van der Waals surface area contributed by atoms with Gasteiger partial charge in [-0.05, 0) is 25.3 Å². The van der Waals surface area contributed by atoms with Crippen molar-refractivity contribution < 1.29 is 4.79 Å². The first kappa shape index (κ1) is 17.7. The molecule has 6 heteroatoms. The highest BCUT2D eigenvalue weighted by atomic mass is 16.2. The zero-order valence-corrected chi connectivity index (χ0v) is 14.0. The zero-order valence-electron chi connectivity index (χ0n) is 14.0. The maximum Gasteiger partial charge on any atom is 0.325 e. The minimum Gasteiger partial charge on any atom is -0.355 e. The average Bonchev–Trinajstić information content (AvgIpc) is 2.55. The van der Waals surface area contributed by atoms with Crippen LogP contribution in [0.2, 0.25) is 0 Å². The summed E-state index contributed by atoms with van der Waals surface area (Å²) in [5.74, 6) is 0.169. The molecule has 1 atom stereocenters. The maximum atomic E-state index is 12.1. The largest absolute Gasteiger partial charge is 0.355 e. The first-order chi connectivity index (χ1) is 11.5. The molecule has 0 fully saturated rings. The number of H-pyrrole nitrogens is 2. The minimum absolute atomic E-state index is 0.102. The van der Waals surface area contributed by atoms with Crippen molar-refractivity contribution in [3.8, 4) is 0 Å². The first-order valence-electron chi connectivity index (χ1n) is 8.15. The third-order valence-electron chi connectivity index (χ3n) is 4.17. The Kier molecular flexibility index (Phi) is 6.12. The molecule has 0 aliphatic rings. The van der Waals surface area contributed by atoms with Crippen LogP contribution in [0.25, 0.3) is 0 Å². The third kappa shape index (κ3) is 4.68. The fourth-order valence-corrected chi connectivity index (χ4v) is 2.71. The minimum atomic E-state index is -0.528. The maximum absolute atomic E-state index is 12.1. The van der Waals surface area contributed by atoms with Crippen molar-refractivity contribution in [2.24, 2.45) is 0 Å². The van der Waals surface area contributed by atoms with Gasteiger partial charge in [0.25, 0.3) is 5.56 Å². The van der Waals surface area contributed by atoms with Gasteiger partial charge in [0.2, 0.25) is 5.91 Å². The number of benzene rings is 1. The Hall–Kier alpha value is -2.63. The van der Waals surface area contributed by atoms with E-state index in [2.05, 4.69) is 34.3 Å². The number of aromatic amines is 2. The summed E-state index contributed by atoms with van der Waals surface area (Å²) in [6, 6.07) is 10.1. The predicted octanol–water partition coefficient (Wildman–Crippen LogP) is 1.61. The van der Waals surface area contributed by atoms with E-state index in [9.17, 15) is 14.4 Å². The van der Waals surface area contributed by atoms with Crippen LogP contribution in [0.1, 0.15) is 42.5 Å². The van der Waals surface area contributed by atoms with Crippen molar-refractivity contribution >= 4 is 5.91 Å². The number of rotatable bonds is 7. The second-order valence-corrected chi connectivity index (χ2v) is 5.83. The lowest BCUT2D eigenvalue weighted by atomic mass is 9.96. The molecule has 1 heterocycles. The molecule has 2 rings (SSSR count). The molecule has 6 nitrogen and oxygen atoms in total. The van der Waals surface area contributed by atoms with Gasteiger partial charge in [0.15, 0.2) is 0 Å². The molecule has 1 amide bonds. The molecule has 0 aliphatic heterocycles. The lowest BCUT2D eigenvalue weighted by Gasteiger charge is -2.16. The first-order valence-corrected chi connectivity index (χ1v) is 8.15. The van der Waals surface area contributed by atoms with Crippen LogP contribution in [0.15, 0.2) is 39.9 Å². The van der Waals surface area contributed by atoms with Gasteiger partial charge in [-0.1, -0.05) is 37.3 Å². The van der Waals surface area contributed by atoms with Crippen LogP contribution in [0, 0.1) is 6.92 Å². The Morgan fingerprint density at radius 3 is 2.50 bits per heavy atom. The predicted molar refractivity (Wildman–Crippen MR) is 93.2 cm³/mol. The van der Waals surface area contributed by atoms with E-state index < -0.39 is 11.2 Å². The molecule has 0 aliphatic carbocycles. The summed E-state index contributed by atoms with van der Waals surface area (Å²) in [5.41, 5.74) is 1.19. The number of carbonyl (C=O) groups is 1. The van der Waals surface area contributed by atoms with Gasteiger partial charge in [-0.15, -0.1) is 0 Å². The molecular weight excluding hydrogens is 306 g/mol. The monoisotopic (exact) mass is 329 g/mol. The van der Waals surface area contributed by atoms with Crippen molar-refractivity contribution in [3.05, 3.63) is 68.0 Å². The Morgan fingerprint density at radius 2 is 1.88 bits per heavy atom. The van der Waals surface area contributed by atoms with Crippen molar-refractivity contribution in [2.75, 3.05) is 6.54 Å². The van der Waals surface area contributed by atoms with Gasteiger partial charge in [-0.2, -0.15) is 0 Å². The molecule has 24 heavy (non-hydrogen) atoms. The molecule has 0 spiro atoms. The van der Waals surface area contributed by atoms with Gasteiger partial charge >= 0.3 is 5.69 Å². The highest BCUT2D eigenvalue weighted by molar-refractivity contribution is 5.76. The SMILES string of the molecule is CC[C@H](CNC(=O)CCc1c(C)[nH]c(=O)[nH]c1=O)c1ccccc1. The van der Waals surface area contributed by atoms with Crippen LogP contribution in [0.4, 0.5) is 0 Å². The molecule has 0 bridgehead atoms. The zero-order chi connectivity index (χ0) is 17.5. The Bertz CT molecular complexity index is 793. The molecule has 1 aromatic heterocycles. The fraction of sp³-hybridized carbons (Fsp3) is 0.389. The Labute approximate surface area is 140 Å². The van der Waals surface area contributed by atoms with Crippen LogP contribution in [0.5, 0.6) is 0 Å². The van der Waals surface area contributed by atoms with E-state index in [-0.39, 0.29) is 18.2 Å². The van der Waals surface area contributed by atoms with Gasteiger partial charge in [0.05, 0.1) is 0 Å². The standard InChI is InChI=1S/C18H23N3O3/c1-3-13(14-7-5-4-6-8-14)11-19-16(22)10-9-15-12(2)20-18(24)21-17(15)23/h4-8,13H,3,9-11H2,1-2H3,(H,19,22)(H2,20,21,23,24)/t13-/m1/s1. The molecule has 1 aromatic carbocycles. The van der Waals surface area contributed by atoms with Crippen molar-refractivity contribution in [2.45, 2.75) is 39.0 Å². The van der Waals surface area contributed by atoms with Crippen LogP contribution in [0.3, 0.4) is 0 Å². The van der Waals surface area contributed by atoms with E-state index in [1.807, 2.05) is 18.2 Å².